The van der Waals surface area contributed by atoms with Crippen LogP contribution in [0.5, 0.6) is 5.75 Å². The first-order valence-corrected chi connectivity index (χ1v) is 10.4. The van der Waals surface area contributed by atoms with E-state index in [0.29, 0.717) is 11.3 Å². The molecular weight excluding hydrogens is 466 g/mol. The fourth-order valence-electron chi connectivity index (χ4n) is 4.07. The Labute approximate surface area is 197 Å². The summed E-state index contributed by atoms with van der Waals surface area (Å²) in [5.41, 5.74) is -0.532. The number of amides is 1. The van der Waals surface area contributed by atoms with E-state index in [2.05, 4.69) is 0 Å². The number of aliphatic hydroxyl groups is 1. The number of carbonyl (C=O) groups excluding carboxylic acids is 2. The topological polar surface area (TPSA) is 66.8 Å². The molecule has 0 aliphatic carbocycles. The molecule has 1 atom stereocenters. The van der Waals surface area contributed by atoms with E-state index in [4.69, 9.17) is 4.74 Å². The third-order valence-corrected chi connectivity index (χ3v) is 5.77. The number of anilines is 1. The van der Waals surface area contributed by atoms with Gasteiger partial charge in [0.25, 0.3) is 11.7 Å². The zero-order valence-corrected chi connectivity index (χ0v) is 18.6. The predicted octanol–water partition coefficient (Wildman–Crippen LogP) is 5.79. The molecule has 3 aromatic rings. The van der Waals surface area contributed by atoms with Gasteiger partial charge in [-0.05, 0) is 66.6 Å². The molecule has 1 amide bonds. The van der Waals surface area contributed by atoms with Gasteiger partial charge < -0.3 is 9.84 Å². The largest absolute Gasteiger partial charge is 0.507 e. The average Bonchev–Trinajstić information content (AvgIpc) is 3.09. The van der Waals surface area contributed by atoms with Crippen LogP contribution < -0.4 is 9.64 Å². The van der Waals surface area contributed by atoms with Gasteiger partial charge in [0, 0.05) is 11.3 Å². The SMILES string of the molecule is COc1ccc(/C(O)=C2/C(=O)C(=O)N(c3cccc(C(F)(F)F)c3)C2c2ccc(F)cc2)c(C)c1. The molecule has 1 unspecified atom stereocenters. The number of hydrogen-bond donors (Lipinski definition) is 1. The number of halogens is 4. The second-order valence-electron chi connectivity index (χ2n) is 7.95. The Morgan fingerprint density at radius 1 is 1.00 bits per heavy atom. The van der Waals surface area contributed by atoms with Crippen molar-refractivity contribution in [3.05, 3.63) is 100 Å². The molecule has 0 saturated carbocycles. The van der Waals surface area contributed by atoms with Crippen molar-refractivity contribution in [3.8, 4) is 5.75 Å². The van der Waals surface area contributed by atoms with E-state index in [9.17, 15) is 32.3 Å². The van der Waals surface area contributed by atoms with Crippen LogP contribution in [0.1, 0.15) is 28.3 Å². The molecule has 35 heavy (non-hydrogen) atoms. The standard InChI is InChI=1S/C26H19F4NO4/c1-14-12-19(35-2)10-11-20(14)23(32)21-22(15-6-8-17(27)9-7-15)31(25(34)24(21)33)18-5-3-4-16(13-18)26(28,29)30/h3-13,22,32H,1-2H3/b23-21-. The maximum atomic E-state index is 13.6. The molecule has 1 N–H and O–H groups in total. The molecule has 1 saturated heterocycles. The molecule has 1 aliphatic rings. The fourth-order valence-corrected chi connectivity index (χ4v) is 4.07. The summed E-state index contributed by atoms with van der Waals surface area (Å²) >= 11 is 0. The molecule has 0 bridgehead atoms. The first kappa shape index (κ1) is 24.0. The van der Waals surface area contributed by atoms with Crippen LogP contribution in [0.15, 0.2) is 72.3 Å². The number of hydrogen-bond acceptors (Lipinski definition) is 4. The molecule has 1 heterocycles. The second-order valence-corrected chi connectivity index (χ2v) is 7.95. The van der Waals surface area contributed by atoms with E-state index in [1.807, 2.05) is 0 Å². The zero-order valence-electron chi connectivity index (χ0n) is 18.6. The smallest absolute Gasteiger partial charge is 0.416 e. The van der Waals surface area contributed by atoms with Crippen LogP contribution >= 0.6 is 0 Å². The van der Waals surface area contributed by atoms with Gasteiger partial charge in [-0.1, -0.05) is 18.2 Å². The Hall–Kier alpha value is -4.14. The summed E-state index contributed by atoms with van der Waals surface area (Å²) in [6.45, 7) is 1.66. The third-order valence-electron chi connectivity index (χ3n) is 5.77. The Balaban J connectivity index is 1.95. The molecule has 1 fully saturated rings. The fraction of sp³-hybridized carbons (Fsp3) is 0.154. The van der Waals surface area contributed by atoms with Crippen molar-refractivity contribution in [1.82, 2.24) is 0 Å². The van der Waals surface area contributed by atoms with Gasteiger partial charge in [0.05, 0.1) is 24.3 Å². The lowest BCUT2D eigenvalue weighted by atomic mass is 9.93. The highest BCUT2D eigenvalue weighted by molar-refractivity contribution is 6.51. The van der Waals surface area contributed by atoms with E-state index < -0.39 is 41.0 Å². The van der Waals surface area contributed by atoms with Crippen LogP contribution in [0.25, 0.3) is 5.76 Å². The highest BCUT2D eigenvalue weighted by Gasteiger charge is 2.47. The monoisotopic (exact) mass is 485 g/mol. The number of ketones is 1. The lowest BCUT2D eigenvalue weighted by molar-refractivity contribution is -0.137. The van der Waals surface area contributed by atoms with Gasteiger partial charge >= 0.3 is 6.18 Å². The first-order valence-electron chi connectivity index (χ1n) is 10.4. The molecule has 9 heteroatoms. The maximum Gasteiger partial charge on any atom is 0.416 e. The summed E-state index contributed by atoms with van der Waals surface area (Å²) < 4.78 is 58.8. The van der Waals surface area contributed by atoms with E-state index in [0.717, 1.165) is 35.2 Å². The number of rotatable bonds is 4. The number of alkyl halides is 3. The molecule has 4 rings (SSSR count). The van der Waals surface area contributed by atoms with Crippen LogP contribution in [0.3, 0.4) is 0 Å². The Morgan fingerprint density at radius 2 is 1.69 bits per heavy atom. The van der Waals surface area contributed by atoms with Crippen molar-refractivity contribution >= 4 is 23.1 Å². The highest BCUT2D eigenvalue weighted by atomic mass is 19.4. The van der Waals surface area contributed by atoms with E-state index in [1.165, 1.54) is 31.4 Å². The van der Waals surface area contributed by atoms with Crippen molar-refractivity contribution in [1.29, 1.82) is 0 Å². The number of benzene rings is 3. The molecule has 180 valence electrons. The summed E-state index contributed by atoms with van der Waals surface area (Å²) in [6, 6.07) is 12.2. The van der Waals surface area contributed by atoms with Crippen molar-refractivity contribution < 1.29 is 37.0 Å². The van der Waals surface area contributed by atoms with Gasteiger partial charge in [0.1, 0.15) is 17.3 Å². The van der Waals surface area contributed by atoms with Crippen LogP contribution in [-0.4, -0.2) is 23.9 Å². The predicted molar refractivity (Wildman–Crippen MR) is 120 cm³/mol. The van der Waals surface area contributed by atoms with Gasteiger partial charge in [0.15, 0.2) is 0 Å². The molecule has 1 aliphatic heterocycles. The van der Waals surface area contributed by atoms with E-state index in [-0.39, 0.29) is 22.4 Å². The normalized spacial score (nSPS) is 17.7. The van der Waals surface area contributed by atoms with Gasteiger partial charge in [-0.3, -0.25) is 14.5 Å². The summed E-state index contributed by atoms with van der Waals surface area (Å²) in [5, 5.41) is 11.2. The minimum atomic E-state index is -4.69. The zero-order chi connectivity index (χ0) is 25.5. The highest BCUT2D eigenvalue weighted by Crippen LogP contribution is 2.43. The van der Waals surface area contributed by atoms with Crippen LogP contribution in [0.4, 0.5) is 23.2 Å². The first-order chi connectivity index (χ1) is 16.5. The number of aryl methyl sites for hydroxylation is 1. The Morgan fingerprint density at radius 3 is 2.29 bits per heavy atom. The van der Waals surface area contributed by atoms with Crippen molar-refractivity contribution in [2.24, 2.45) is 0 Å². The number of aliphatic hydroxyl groups excluding tert-OH is 1. The van der Waals surface area contributed by atoms with E-state index in [1.54, 1.807) is 19.1 Å². The second kappa shape index (κ2) is 8.90. The lowest BCUT2D eigenvalue weighted by Gasteiger charge is -2.26. The van der Waals surface area contributed by atoms with Gasteiger partial charge in [-0.25, -0.2) is 4.39 Å². The summed E-state index contributed by atoms with van der Waals surface area (Å²) in [6.07, 6.45) is -4.69. The van der Waals surface area contributed by atoms with Crippen LogP contribution in [0.2, 0.25) is 0 Å². The van der Waals surface area contributed by atoms with Crippen LogP contribution in [0, 0.1) is 12.7 Å². The number of nitrogens with zero attached hydrogens (tertiary/aromatic N) is 1. The minimum Gasteiger partial charge on any atom is -0.507 e. The Bertz CT molecular complexity index is 1350. The van der Waals surface area contributed by atoms with Crippen molar-refractivity contribution in [2.75, 3.05) is 12.0 Å². The summed E-state index contributed by atoms with van der Waals surface area (Å²) in [5.74, 6) is -2.79. The molecule has 0 radical (unpaired) electrons. The minimum absolute atomic E-state index is 0.193. The molecular formula is C26H19F4NO4. The number of methoxy groups -OCH3 is 1. The van der Waals surface area contributed by atoms with Gasteiger partial charge in [-0.2, -0.15) is 13.2 Å². The number of carbonyl (C=O) groups is 2. The maximum absolute atomic E-state index is 13.6. The summed E-state index contributed by atoms with van der Waals surface area (Å²) in [4.78, 5) is 27.1. The molecule has 3 aromatic carbocycles. The van der Waals surface area contributed by atoms with Crippen molar-refractivity contribution in [2.45, 2.75) is 19.1 Å². The number of Topliss-reactive ketones (excluding diaryl/α,β-unsaturated/α-hetero) is 1. The van der Waals surface area contributed by atoms with E-state index >= 15 is 0 Å². The third kappa shape index (κ3) is 4.37. The average molecular weight is 485 g/mol. The molecule has 5 nitrogen and oxygen atoms in total. The van der Waals surface area contributed by atoms with Crippen molar-refractivity contribution in [3.63, 3.8) is 0 Å². The summed E-state index contributed by atoms with van der Waals surface area (Å²) in [7, 11) is 1.46. The van der Waals surface area contributed by atoms with Gasteiger partial charge in [0.2, 0.25) is 0 Å². The van der Waals surface area contributed by atoms with Crippen LogP contribution in [-0.2, 0) is 15.8 Å². The lowest BCUT2D eigenvalue weighted by Crippen LogP contribution is -2.29. The molecule has 0 aromatic heterocycles. The quantitative estimate of drug-likeness (QED) is 0.220. The molecule has 0 spiro atoms. The van der Waals surface area contributed by atoms with Gasteiger partial charge in [-0.15, -0.1) is 0 Å². The Kier molecular flexibility index (Phi) is 6.10. The number of ether oxygens (including phenoxy) is 1.